The molecule has 0 radical (unpaired) electrons. The molecule has 0 aliphatic rings. The Bertz CT molecular complexity index is 1030. The highest BCUT2D eigenvalue weighted by Gasteiger charge is 2.24. The Hall–Kier alpha value is -3.53. The van der Waals surface area contributed by atoms with Gasteiger partial charge in [0.25, 0.3) is 10.0 Å². The first-order valence-corrected chi connectivity index (χ1v) is 9.15. The van der Waals surface area contributed by atoms with Crippen LogP contribution in [0.2, 0.25) is 0 Å². The maximum absolute atomic E-state index is 12.8. The quantitative estimate of drug-likeness (QED) is 0.586. The fourth-order valence-corrected chi connectivity index (χ4v) is 3.57. The summed E-state index contributed by atoms with van der Waals surface area (Å²) in [5.74, 6) is -2.87. The molecule has 9 nitrogen and oxygen atoms in total. The van der Waals surface area contributed by atoms with Gasteiger partial charge in [-0.3, -0.25) is 4.72 Å². The van der Waals surface area contributed by atoms with E-state index in [0.717, 1.165) is 12.2 Å². The van der Waals surface area contributed by atoms with Gasteiger partial charge < -0.3 is 29.3 Å². The van der Waals surface area contributed by atoms with Gasteiger partial charge in [-0.05, 0) is 41.5 Å². The van der Waals surface area contributed by atoms with E-state index in [1.54, 1.807) is 0 Å². The van der Waals surface area contributed by atoms with Gasteiger partial charge in [-0.1, -0.05) is 18.2 Å². The highest BCUT2D eigenvalue weighted by atomic mass is 32.2. The molecule has 1 N–H and O–H groups in total. The van der Waals surface area contributed by atoms with E-state index in [2.05, 4.69) is 4.72 Å². The third-order valence-electron chi connectivity index (χ3n) is 3.54. The van der Waals surface area contributed by atoms with Gasteiger partial charge in [0.05, 0.1) is 26.2 Å². The molecule has 0 heterocycles. The van der Waals surface area contributed by atoms with Crippen LogP contribution in [0.1, 0.15) is 15.9 Å². The monoisotopic (exact) mass is 405 g/mol. The summed E-state index contributed by atoms with van der Waals surface area (Å²) in [7, 11) is -1.65. The number of nitrogens with one attached hydrogen (secondary N) is 1. The number of sulfonamides is 1. The molecule has 0 spiro atoms. The highest BCUT2D eigenvalue weighted by molar-refractivity contribution is 7.92. The summed E-state index contributed by atoms with van der Waals surface area (Å²) in [5.41, 5.74) is 0.202. The molecule has 0 aromatic heterocycles. The predicted octanol–water partition coefficient (Wildman–Crippen LogP) is -0.369. The van der Waals surface area contributed by atoms with Crippen molar-refractivity contribution in [3.05, 3.63) is 53.6 Å². The van der Waals surface area contributed by atoms with Gasteiger partial charge in [0, 0.05) is 5.69 Å². The summed E-state index contributed by atoms with van der Waals surface area (Å²) in [5, 5.41) is 21.4. The van der Waals surface area contributed by atoms with E-state index in [9.17, 15) is 28.2 Å². The lowest BCUT2D eigenvalue weighted by molar-refractivity contribution is -0.297. The average Bonchev–Trinajstić information content (AvgIpc) is 2.65. The molecule has 0 aliphatic heterocycles. The van der Waals surface area contributed by atoms with Gasteiger partial charge in [-0.2, -0.15) is 0 Å². The second-order valence-corrected chi connectivity index (χ2v) is 7.03. The maximum Gasteiger partial charge on any atom is 0.265 e. The molecule has 0 saturated heterocycles. The summed E-state index contributed by atoms with van der Waals surface area (Å²) >= 11 is 0. The average molecular weight is 405 g/mol. The smallest absolute Gasteiger partial charge is 0.265 e. The molecule has 0 fully saturated rings. The van der Waals surface area contributed by atoms with Crippen molar-refractivity contribution >= 4 is 33.7 Å². The molecule has 2 aromatic carbocycles. The normalized spacial score (nSPS) is 11.2. The van der Waals surface area contributed by atoms with E-state index < -0.39 is 22.0 Å². The van der Waals surface area contributed by atoms with Gasteiger partial charge in [-0.15, -0.1) is 0 Å². The van der Waals surface area contributed by atoms with E-state index in [-0.39, 0.29) is 33.2 Å². The second-order valence-electron chi connectivity index (χ2n) is 5.38. The Balaban J connectivity index is 2.51. The van der Waals surface area contributed by atoms with Crippen LogP contribution < -0.4 is 24.4 Å². The third kappa shape index (κ3) is 4.80. The van der Waals surface area contributed by atoms with Crippen molar-refractivity contribution in [2.24, 2.45) is 0 Å². The van der Waals surface area contributed by atoms with Gasteiger partial charge >= 0.3 is 0 Å². The van der Waals surface area contributed by atoms with E-state index in [1.807, 2.05) is 0 Å². The number of anilines is 1. The third-order valence-corrected chi connectivity index (χ3v) is 4.93. The van der Waals surface area contributed by atoms with Crippen molar-refractivity contribution in [2.75, 3.05) is 18.9 Å². The van der Waals surface area contributed by atoms with Crippen LogP contribution in [0.25, 0.3) is 6.08 Å². The molecule has 10 heteroatoms. The Labute approximate surface area is 160 Å². The topological polar surface area (TPSA) is 145 Å². The van der Waals surface area contributed by atoms with Crippen molar-refractivity contribution in [1.82, 2.24) is 0 Å². The first kappa shape index (κ1) is 20.8. The van der Waals surface area contributed by atoms with Crippen LogP contribution in [0.4, 0.5) is 5.69 Å². The van der Waals surface area contributed by atoms with Crippen LogP contribution in [-0.2, 0) is 14.8 Å². The van der Waals surface area contributed by atoms with Crippen LogP contribution in [-0.4, -0.2) is 34.6 Å². The van der Waals surface area contributed by atoms with Crippen molar-refractivity contribution in [2.45, 2.75) is 4.90 Å². The minimum Gasteiger partial charge on any atom is -0.545 e. The Kier molecular flexibility index (Phi) is 6.26. The molecule has 2 rings (SSSR count). The Morgan fingerprint density at radius 1 is 1.04 bits per heavy atom. The summed E-state index contributed by atoms with van der Waals surface area (Å²) in [6, 6.07) is 7.47. The van der Waals surface area contributed by atoms with Crippen molar-refractivity contribution < 1.29 is 37.7 Å². The number of carboxylic acids is 2. The van der Waals surface area contributed by atoms with Gasteiger partial charge in [-0.25, -0.2) is 8.42 Å². The summed E-state index contributed by atoms with van der Waals surface area (Å²) in [6.07, 6.45) is 1.88. The molecule has 0 saturated carbocycles. The molecule has 0 amide bonds. The maximum atomic E-state index is 12.8. The van der Waals surface area contributed by atoms with Crippen LogP contribution in [0, 0.1) is 0 Å². The Morgan fingerprint density at radius 3 is 2.18 bits per heavy atom. The number of hydrogen-bond donors (Lipinski definition) is 1. The van der Waals surface area contributed by atoms with Crippen LogP contribution in [0.5, 0.6) is 11.5 Å². The number of hydrogen-bond acceptors (Lipinski definition) is 8. The number of carbonyl (C=O) groups excluding carboxylic acids is 2. The van der Waals surface area contributed by atoms with Crippen LogP contribution >= 0.6 is 0 Å². The molecular weight excluding hydrogens is 390 g/mol. The predicted molar refractivity (Wildman–Crippen MR) is 95.2 cm³/mol. The molecule has 28 heavy (non-hydrogen) atoms. The second kappa shape index (κ2) is 8.44. The molecule has 0 bridgehead atoms. The fourth-order valence-electron chi connectivity index (χ4n) is 2.29. The van der Waals surface area contributed by atoms with Crippen LogP contribution in [0.15, 0.2) is 47.4 Å². The summed E-state index contributed by atoms with van der Waals surface area (Å²) < 4.78 is 38.2. The summed E-state index contributed by atoms with van der Waals surface area (Å²) in [6.45, 7) is 0. The minimum absolute atomic E-state index is 0.0654. The first-order valence-electron chi connectivity index (χ1n) is 7.67. The number of methoxy groups -OCH3 is 2. The van der Waals surface area contributed by atoms with Crippen molar-refractivity contribution in [3.63, 3.8) is 0 Å². The lowest BCUT2D eigenvalue weighted by Crippen LogP contribution is -2.22. The van der Waals surface area contributed by atoms with Crippen LogP contribution in [0.3, 0.4) is 0 Å². The standard InChI is InChI=1S/C18H17NO8S/c1-26-14-9-11(3-8-16(20)21)10-15(17(14)27-2)28(24,25)19-13-6-4-12(5-7-13)18(22)23/h3-10,19H,1-2H3,(H,20,21)(H,22,23)/p-2/b8-3+. The fraction of sp³-hybridized carbons (Fsp3) is 0.111. The van der Waals surface area contributed by atoms with Gasteiger partial charge in [0.15, 0.2) is 11.5 Å². The van der Waals surface area contributed by atoms with Gasteiger partial charge in [0.1, 0.15) is 4.90 Å². The SMILES string of the molecule is COc1cc(/C=C/C(=O)[O-])cc(S(=O)(=O)Nc2ccc(C(=O)[O-])cc2)c1OC. The number of benzene rings is 2. The zero-order valence-corrected chi connectivity index (χ0v) is 15.6. The molecular formula is C18H15NO8S-2. The number of ether oxygens (including phenoxy) is 2. The number of aromatic carboxylic acids is 1. The van der Waals surface area contributed by atoms with E-state index in [4.69, 9.17) is 9.47 Å². The number of carbonyl (C=O) groups is 2. The molecule has 2 aromatic rings. The lowest BCUT2D eigenvalue weighted by Gasteiger charge is -2.16. The number of rotatable bonds is 8. The van der Waals surface area contributed by atoms with E-state index >= 15 is 0 Å². The van der Waals surface area contributed by atoms with E-state index in [0.29, 0.717) is 0 Å². The van der Waals surface area contributed by atoms with E-state index in [1.165, 1.54) is 50.6 Å². The van der Waals surface area contributed by atoms with Crippen molar-refractivity contribution in [3.8, 4) is 11.5 Å². The largest absolute Gasteiger partial charge is 0.545 e. The molecule has 148 valence electrons. The first-order chi connectivity index (χ1) is 13.2. The van der Waals surface area contributed by atoms with Crippen molar-refractivity contribution in [1.29, 1.82) is 0 Å². The lowest BCUT2D eigenvalue weighted by atomic mass is 10.2. The molecule has 0 aliphatic carbocycles. The van der Waals surface area contributed by atoms with Gasteiger partial charge in [0.2, 0.25) is 0 Å². The molecule has 0 unspecified atom stereocenters. The zero-order chi connectivity index (χ0) is 20.9. The summed E-state index contributed by atoms with van der Waals surface area (Å²) in [4.78, 5) is 21.1. The number of carboxylic acid groups (broad SMARTS) is 2. The number of aliphatic carboxylic acids is 1. The Morgan fingerprint density at radius 2 is 1.68 bits per heavy atom. The minimum atomic E-state index is -4.20. The zero-order valence-electron chi connectivity index (χ0n) is 14.8. The highest BCUT2D eigenvalue weighted by Crippen LogP contribution is 2.36. The molecule has 0 atom stereocenters.